The van der Waals surface area contributed by atoms with Crippen LogP contribution in [0.1, 0.15) is 0 Å². The van der Waals surface area contributed by atoms with Crippen LogP contribution < -0.4 is 0 Å². The molecule has 0 atom stereocenters. The predicted octanol–water partition coefficient (Wildman–Crippen LogP) is 9.80. The van der Waals surface area contributed by atoms with Gasteiger partial charge in [-0.15, -0.1) is 0 Å². The van der Waals surface area contributed by atoms with E-state index >= 15 is 4.39 Å². The lowest BCUT2D eigenvalue weighted by Crippen LogP contribution is -1.88. The third-order valence-corrected chi connectivity index (χ3v) is 7.37. The van der Waals surface area contributed by atoms with Crippen molar-refractivity contribution in [2.45, 2.75) is 0 Å². The number of H-pyrrole nitrogens is 1. The van der Waals surface area contributed by atoms with E-state index in [1.54, 1.807) is 18.2 Å². The van der Waals surface area contributed by atoms with E-state index in [2.05, 4.69) is 11.1 Å². The number of hydrogen-bond acceptors (Lipinski definition) is 1. The fourth-order valence-corrected chi connectivity index (χ4v) is 5.49. The summed E-state index contributed by atoms with van der Waals surface area (Å²) in [5.41, 5.74) is 4.88. The molecule has 2 nitrogen and oxygen atoms in total. The molecule has 0 aliphatic rings. The zero-order chi connectivity index (χ0) is 25.8. The van der Waals surface area contributed by atoms with Crippen molar-refractivity contribution in [2.75, 3.05) is 0 Å². The van der Waals surface area contributed by atoms with Crippen LogP contribution in [0.5, 0.6) is 0 Å². The lowest BCUT2D eigenvalue weighted by Gasteiger charge is -2.10. The van der Waals surface area contributed by atoms with E-state index < -0.39 is 5.82 Å². The Bertz CT molecular complexity index is 1990. The summed E-state index contributed by atoms with van der Waals surface area (Å²) in [6, 6.07) is 33.5. The molecule has 6 aromatic carbocycles. The molecule has 5 heteroatoms. The monoisotopic (exact) mass is 516 g/mol. The average molecular weight is 517 g/mol. The normalized spacial score (nSPS) is 11.6. The smallest absolute Gasteiger partial charge is 0.143 e. The second-order valence-electron chi connectivity index (χ2n) is 9.27. The number of halogens is 3. The van der Waals surface area contributed by atoms with Crippen LogP contribution in [-0.2, 0) is 0 Å². The van der Waals surface area contributed by atoms with E-state index in [0.29, 0.717) is 16.4 Å². The average Bonchev–Trinajstić information content (AvgIpc) is 3.38. The summed E-state index contributed by atoms with van der Waals surface area (Å²) in [7, 11) is 0. The highest BCUT2D eigenvalue weighted by Gasteiger charge is 2.18. The van der Waals surface area contributed by atoms with Crippen molar-refractivity contribution in [3.63, 3.8) is 0 Å². The number of benzene rings is 6. The fourth-order valence-electron chi connectivity index (χ4n) is 5.24. The first-order valence-corrected chi connectivity index (χ1v) is 12.6. The molecule has 0 spiro atoms. The van der Waals surface area contributed by atoms with Crippen LogP contribution in [0, 0.1) is 11.6 Å². The number of aromatic amines is 1. The van der Waals surface area contributed by atoms with Gasteiger partial charge in [-0.2, -0.15) is 0 Å². The van der Waals surface area contributed by atoms with E-state index in [4.69, 9.17) is 16.6 Å². The van der Waals surface area contributed by atoms with E-state index in [1.165, 1.54) is 6.07 Å². The van der Waals surface area contributed by atoms with E-state index in [9.17, 15) is 4.39 Å². The number of hydrogen-bond donors (Lipinski definition) is 1. The molecule has 1 heterocycles. The molecule has 7 aromatic rings. The van der Waals surface area contributed by atoms with E-state index in [1.807, 2.05) is 78.9 Å². The molecule has 0 radical (unpaired) electrons. The van der Waals surface area contributed by atoms with Gasteiger partial charge < -0.3 is 4.98 Å². The summed E-state index contributed by atoms with van der Waals surface area (Å²) in [6.07, 6.45) is 0. The van der Waals surface area contributed by atoms with Crippen LogP contribution in [0.15, 0.2) is 109 Å². The first-order chi connectivity index (χ1) is 18.6. The molecule has 0 unspecified atom stereocenters. The maximum absolute atomic E-state index is 15.2. The first-order valence-electron chi connectivity index (χ1n) is 12.2. The standard InChI is InChI=1S/C33H19ClF2N2/c34-27-11-6-12-28(35)30(27)33-37-31-24-10-5-4-9-23(24)26-17-20(14-16-25(26)32(31)38-33)21-13-15-22(29(36)18-21)19-7-2-1-3-8-19/h1-18H,(H,37,38). The molecule has 182 valence electrons. The Balaban J connectivity index is 1.44. The molecule has 38 heavy (non-hydrogen) atoms. The van der Waals surface area contributed by atoms with Crippen LogP contribution in [0.4, 0.5) is 8.78 Å². The molecule has 0 bridgehead atoms. The first kappa shape index (κ1) is 22.6. The topological polar surface area (TPSA) is 28.7 Å². The van der Waals surface area contributed by atoms with Gasteiger partial charge in [-0.3, -0.25) is 0 Å². The Morgan fingerprint density at radius 1 is 0.579 bits per heavy atom. The van der Waals surface area contributed by atoms with Gasteiger partial charge in [-0.1, -0.05) is 96.5 Å². The second-order valence-corrected chi connectivity index (χ2v) is 9.68. The molecule has 1 N–H and O–H groups in total. The van der Waals surface area contributed by atoms with Gasteiger partial charge in [0.2, 0.25) is 0 Å². The minimum atomic E-state index is -0.437. The quantitative estimate of drug-likeness (QED) is 0.233. The molecule has 0 aliphatic carbocycles. The summed E-state index contributed by atoms with van der Waals surface area (Å²) >= 11 is 6.35. The molecule has 0 fully saturated rings. The van der Waals surface area contributed by atoms with Crippen LogP contribution in [0.2, 0.25) is 5.02 Å². The summed E-state index contributed by atoms with van der Waals surface area (Å²) in [5, 5.41) is 4.17. The third kappa shape index (κ3) is 3.57. The maximum Gasteiger partial charge on any atom is 0.143 e. The minimum absolute atomic E-state index is 0.244. The summed E-state index contributed by atoms with van der Waals surface area (Å²) in [6.45, 7) is 0. The van der Waals surface area contributed by atoms with Crippen LogP contribution in [-0.4, -0.2) is 9.97 Å². The molecule has 0 saturated carbocycles. The van der Waals surface area contributed by atoms with Crippen molar-refractivity contribution in [1.82, 2.24) is 9.97 Å². The van der Waals surface area contributed by atoms with Gasteiger partial charge in [-0.05, 0) is 51.7 Å². The Morgan fingerprint density at radius 2 is 1.32 bits per heavy atom. The molecule has 0 saturated heterocycles. The van der Waals surface area contributed by atoms with Crippen molar-refractivity contribution in [1.29, 1.82) is 0 Å². The van der Waals surface area contributed by atoms with Gasteiger partial charge in [0.25, 0.3) is 0 Å². The molecule has 1 aromatic heterocycles. The molecule has 0 aliphatic heterocycles. The van der Waals surface area contributed by atoms with Crippen molar-refractivity contribution in [3.8, 4) is 33.6 Å². The lowest BCUT2D eigenvalue weighted by molar-refractivity contribution is 0.630. The highest BCUT2D eigenvalue weighted by Crippen LogP contribution is 2.39. The van der Waals surface area contributed by atoms with Crippen LogP contribution >= 0.6 is 11.6 Å². The lowest BCUT2D eigenvalue weighted by atomic mass is 9.95. The van der Waals surface area contributed by atoms with Gasteiger partial charge in [0, 0.05) is 16.3 Å². The zero-order valence-electron chi connectivity index (χ0n) is 20.0. The maximum atomic E-state index is 15.2. The Hall–Kier alpha value is -4.54. The number of rotatable bonds is 3. The summed E-state index contributed by atoms with van der Waals surface area (Å²) in [5.74, 6) is -0.328. The van der Waals surface area contributed by atoms with Gasteiger partial charge in [-0.25, -0.2) is 13.8 Å². The largest absolute Gasteiger partial charge is 0.337 e. The Labute approximate surface area is 222 Å². The summed E-state index contributed by atoms with van der Waals surface area (Å²) in [4.78, 5) is 8.11. The second kappa shape index (κ2) is 8.79. The number of aromatic nitrogens is 2. The van der Waals surface area contributed by atoms with Crippen LogP contribution in [0.3, 0.4) is 0 Å². The third-order valence-electron chi connectivity index (χ3n) is 7.05. The molecule has 7 rings (SSSR count). The highest BCUT2D eigenvalue weighted by molar-refractivity contribution is 6.33. The number of nitrogens with one attached hydrogen (secondary N) is 1. The number of imidazole rings is 1. The van der Waals surface area contributed by atoms with Crippen molar-refractivity contribution in [2.24, 2.45) is 0 Å². The van der Waals surface area contributed by atoms with Gasteiger partial charge in [0.05, 0.1) is 21.6 Å². The predicted molar refractivity (Wildman–Crippen MR) is 152 cm³/mol. The molecular weight excluding hydrogens is 498 g/mol. The summed E-state index contributed by atoms with van der Waals surface area (Å²) < 4.78 is 29.9. The zero-order valence-corrected chi connectivity index (χ0v) is 20.7. The Morgan fingerprint density at radius 3 is 2.11 bits per heavy atom. The fraction of sp³-hybridized carbons (Fsp3) is 0. The van der Waals surface area contributed by atoms with Crippen molar-refractivity contribution in [3.05, 3.63) is 126 Å². The van der Waals surface area contributed by atoms with Crippen molar-refractivity contribution < 1.29 is 8.78 Å². The minimum Gasteiger partial charge on any atom is -0.337 e. The Kier molecular flexibility index (Phi) is 5.24. The number of fused-ring (bicyclic) bond motifs is 6. The number of nitrogens with zero attached hydrogens (tertiary/aromatic N) is 1. The van der Waals surface area contributed by atoms with Gasteiger partial charge in [0.15, 0.2) is 0 Å². The van der Waals surface area contributed by atoms with E-state index in [0.717, 1.165) is 49.3 Å². The van der Waals surface area contributed by atoms with E-state index in [-0.39, 0.29) is 11.4 Å². The van der Waals surface area contributed by atoms with Crippen LogP contribution in [0.25, 0.3) is 66.2 Å². The molecular formula is C33H19ClF2N2. The molecule has 0 amide bonds. The SMILES string of the molecule is Fc1cc(-c2ccc3c(c2)c2ccccc2c2nc(-c4c(F)cccc4Cl)[nH]c32)ccc1-c1ccccc1. The van der Waals surface area contributed by atoms with Gasteiger partial charge in [0.1, 0.15) is 17.5 Å². The van der Waals surface area contributed by atoms with Gasteiger partial charge >= 0.3 is 0 Å². The van der Waals surface area contributed by atoms with Crippen molar-refractivity contribution >= 4 is 44.2 Å². The highest BCUT2D eigenvalue weighted by atomic mass is 35.5.